The average Bonchev–Trinajstić information content (AvgIpc) is 2.82. The lowest BCUT2D eigenvalue weighted by Gasteiger charge is -2.36. The van der Waals surface area contributed by atoms with E-state index in [-0.39, 0.29) is 0 Å². The molecular weight excluding hydrogens is 242 g/mol. The molecule has 1 aromatic carbocycles. The van der Waals surface area contributed by atoms with Crippen LogP contribution in [0.1, 0.15) is 81.9 Å². The fourth-order valence-corrected chi connectivity index (χ4v) is 4.18. The van der Waals surface area contributed by atoms with Gasteiger partial charge in [0.2, 0.25) is 0 Å². The van der Waals surface area contributed by atoms with Gasteiger partial charge in [0.05, 0.1) is 0 Å². The Bertz CT molecular complexity index is 441. The lowest BCUT2D eigenvalue weighted by Crippen LogP contribution is -2.34. The number of benzene rings is 1. The van der Waals surface area contributed by atoms with E-state index in [1.807, 2.05) is 0 Å². The summed E-state index contributed by atoms with van der Waals surface area (Å²) < 4.78 is 0. The lowest BCUT2D eigenvalue weighted by atomic mass is 9.75. The summed E-state index contributed by atoms with van der Waals surface area (Å²) in [6.07, 6.45) is 9.76. The number of hydrogen-bond acceptors (Lipinski definition) is 1. The Balaban J connectivity index is 1.86. The van der Waals surface area contributed by atoms with E-state index >= 15 is 0 Å². The van der Waals surface area contributed by atoms with E-state index in [1.165, 1.54) is 50.5 Å². The van der Waals surface area contributed by atoms with Gasteiger partial charge >= 0.3 is 0 Å². The summed E-state index contributed by atoms with van der Waals surface area (Å²) in [5.41, 5.74) is 3.56. The summed E-state index contributed by atoms with van der Waals surface area (Å²) in [6, 6.07) is 10.0. The van der Waals surface area contributed by atoms with Gasteiger partial charge < -0.3 is 5.32 Å². The van der Waals surface area contributed by atoms with E-state index in [1.54, 1.807) is 5.56 Å². The number of nitrogens with one attached hydrogen (secondary N) is 1. The van der Waals surface area contributed by atoms with Crippen molar-refractivity contribution in [3.63, 3.8) is 0 Å². The standard InChI is InChI=1S/C19H29N/c1-3-20-18(19(2)12-4-5-13-19)17-11-7-10-16(14-17)15-8-6-9-15/h7,10-11,14-15,18,20H,3-6,8-9,12-13H2,1-2H3. The molecule has 2 aliphatic rings. The minimum Gasteiger partial charge on any atom is -0.310 e. The van der Waals surface area contributed by atoms with Gasteiger partial charge in [-0.25, -0.2) is 0 Å². The second-order valence-corrected chi connectivity index (χ2v) is 7.15. The Hall–Kier alpha value is -0.820. The van der Waals surface area contributed by atoms with Gasteiger partial charge in [-0.15, -0.1) is 0 Å². The van der Waals surface area contributed by atoms with E-state index < -0.39 is 0 Å². The van der Waals surface area contributed by atoms with Gasteiger partial charge in [0.1, 0.15) is 0 Å². The van der Waals surface area contributed by atoms with Crippen molar-refractivity contribution in [2.24, 2.45) is 5.41 Å². The highest BCUT2D eigenvalue weighted by atomic mass is 14.9. The van der Waals surface area contributed by atoms with Gasteiger partial charge in [-0.1, -0.05) is 57.4 Å². The van der Waals surface area contributed by atoms with E-state index in [0.29, 0.717) is 11.5 Å². The largest absolute Gasteiger partial charge is 0.310 e. The molecule has 0 saturated heterocycles. The third-order valence-corrected chi connectivity index (χ3v) is 5.67. The van der Waals surface area contributed by atoms with Crippen LogP contribution in [-0.2, 0) is 0 Å². The van der Waals surface area contributed by atoms with Crippen molar-refractivity contribution in [2.45, 2.75) is 70.8 Å². The zero-order valence-electron chi connectivity index (χ0n) is 13.1. The maximum absolute atomic E-state index is 3.78. The first-order chi connectivity index (χ1) is 9.73. The fraction of sp³-hybridized carbons (Fsp3) is 0.684. The predicted molar refractivity (Wildman–Crippen MR) is 86.0 cm³/mol. The highest BCUT2D eigenvalue weighted by Crippen LogP contribution is 2.47. The van der Waals surface area contributed by atoms with Gasteiger partial charge in [-0.3, -0.25) is 0 Å². The predicted octanol–water partition coefficient (Wildman–Crippen LogP) is 5.19. The zero-order chi connectivity index (χ0) is 14.0. The molecule has 20 heavy (non-hydrogen) atoms. The molecule has 0 bridgehead atoms. The van der Waals surface area contributed by atoms with Crippen molar-refractivity contribution in [1.82, 2.24) is 5.32 Å². The average molecular weight is 271 g/mol. The molecule has 2 saturated carbocycles. The summed E-state index contributed by atoms with van der Waals surface area (Å²) >= 11 is 0. The first kappa shape index (κ1) is 14.1. The summed E-state index contributed by atoms with van der Waals surface area (Å²) in [7, 11) is 0. The Morgan fingerprint density at radius 2 is 1.95 bits per heavy atom. The van der Waals surface area contributed by atoms with Gasteiger partial charge in [0.15, 0.2) is 0 Å². The Morgan fingerprint density at radius 1 is 1.20 bits per heavy atom. The molecule has 1 N–H and O–H groups in total. The van der Waals surface area contributed by atoms with Crippen molar-refractivity contribution in [3.8, 4) is 0 Å². The van der Waals surface area contributed by atoms with Crippen LogP contribution in [0.25, 0.3) is 0 Å². The van der Waals surface area contributed by atoms with Crippen LogP contribution in [0.3, 0.4) is 0 Å². The SMILES string of the molecule is CCNC(c1cccc(C2CCC2)c1)C1(C)CCCC1. The third kappa shape index (κ3) is 2.65. The van der Waals surface area contributed by atoms with Gasteiger partial charge in [-0.05, 0) is 54.7 Å². The van der Waals surface area contributed by atoms with Crippen LogP contribution in [0, 0.1) is 5.41 Å². The molecule has 0 radical (unpaired) electrons. The highest BCUT2D eigenvalue weighted by Gasteiger charge is 2.37. The number of hydrogen-bond donors (Lipinski definition) is 1. The zero-order valence-corrected chi connectivity index (χ0v) is 13.1. The van der Waals surface area contributed by atoms with Gasteiger partial charge in [-0.2, -0.15) is 0 Å². The van der Waals surface area contributed by atoms with Crippen molar-refractivity contribution in [3.05, 3.63) is 35.4 Å². The van der Waals surface area contributed by atoms with Gasteiger partial charge in [0.25, 0.3) is 0 Å². The van der Waals surface area contributed by atoms with Crippen molar-refractivity contribution >= 4 is 0 Å². The second kappa shape index (κ2) is 5.89. The lowest BCUT2D eigenvalue weighted by molar-refractivity contribution is 0.226. The molecule has 1 nitrogen and oxygen atoms in total. The molecule has 1 heteroatoms. The molecular formula is C19H29N. The van der Waals surface area contributed by atoms with Crippen LogP contribution in [-0.4, -0.2) is 6.54 Å². The Kier molecular flexibility index (Phi) is 4.16. The van der Waals surface area contributed by atoms with Crippen LogP contribution >= 0.6 is 0 Å². The molecule has 1 unspecified atom stereocenters. The minimum absolute atomic E-state index is 0.453. The molecule has 2 aliphatic carbocycles. The van der Waals surface area contributed by atoms with E-state index in [0.717, 1.165) is 12.5 Å². The maximum atomic E-state index is 3.78. The molecule has 0 spiro atoms. The van der Waals surface area contributed by atoms with Crippen molar-refractivity contribution < 1.29 is 0 Å². The van der Waals surface area contributed by atoms with Crippen molar-refractivity contribution in [1.29, 1.82) is 0 Å². The fourth-order valence-electron chi connectivity index (χ4n) is 4.18. The first-order valence-electron chi connectivity index (χ1n) is 8.56. The van der Waals surface area contributed by atoms with E-state index in [4.69, 9.17) is 0 Å². The molecule has 3 rings (SSSR count). The molecule has 110 valence electrons. The smallest absolute Gasteiger partial charge is 0.0374 e. The van der Waals surface area contributed by atoms with E-state index in [9.17, 15) is 0 Å². The normalized spacial score (nSPS) is 23.5. The van der Waals surface area contributed by atoms with Crippen LogP contribution in [0.15, 0.2) is 24.3 Å². The molecule has 0 heterocycles. The maximum Gasteiger partial charge on any atom is 0.0374 e. The minimum atomic E-state index is 0.453. The second-order valence-electron chi connectivity index (χ2n) is 7.15. The summed E-state index contributed by atoms with van der Waals surface area (Å²) in [5.74, 6) is 0.841. The Labute approximate surface area is 124 Å². The molecule has 1 aromatic rings. The van der Waals surface area contributed by atoms with Crippen LogP contribution < -0.4 is 5.32 Å². The number of rotatable bonds is 5. The van der Waals surface area contributed by atoms with E-state index in [2.05, 4.69) is 43.4 Å². The van der Waals surface area contributed by atoms with Crippen LogP contribution in [0.4, 0.5) is 0 Å². The molecule has 1 atom stereocenters. The van der Waals surface area contributed by atoms with Crippen LogP contribution in [0.5, 0.6) is 0 Å². The molecule has 2 fully saturated rings. The highest BCUT2D eigenvalue weighted by molar-refractivity contribution is 5.31. The molecule has 0 aliphatic heterocycles. The molecule has 0 aromatic heterocycles. The molecule has 0 amide bonds. The van der Waals surface area contributed by atoms with Crippen LogP contribution in [0.2, 0.25) is 0 Å². The third-order valence-electron chi connectivity index (χ3n) is 5.67. The monoisotopic (exact) mass is 271 g/mol. The Morgan fingerprint density at radius 3 is 2.55 bits per heavy atom. The first-order valence-corrected chi connectivity index (χ1v) is 8.56. The van der Waals surface area contributed by atoms with Crippen molar-refractivity contribution in [2.75, 3.05) is 6.54 Å². The topological polar surface area (TPSA) is 12.0 Å². The van der Waals surface area contributed by atoms with Gasteiger partial charge in [0, 0.05) is 6.04 Å². The quantitative estimate of drug-likeness (QED) is 0.777. The summed E-state index contributed by atoms with van der Waals surface area (Å²) in [6.45, 7) is 5.79. The summed E-state index contributed by atoms with van der Waals surface area (Å²) in [4.78, 5) is 0. The summed E-state index contributed by atoms with van der Waals surface area (Å²) in [5, 5.41) is 3.78.